The highest BCUT2D eigenvalue weighted by molar-refractivity contribution is 5.89. The lowest BCUT2D eigenvalue weighted by Crippen LogP contribution is -3.00. The van der Waals surface area contributed by atoms with Crippen molar-refractivity contribution in [2.75, 3.05) is 5.32 Å². The van der Waals surface area contributed by atoms with E-state index < -0.39 is 0 Å². The van der Waals surface area contributed by atoms with Crippen LogP contribution in [0, 0.1) is 6.92 Å². The molecule has 0 radical (unpaired) electrons. The van der Waals surface area contributed by atoms with Crippen LogP contribution in [0.25, 0.3) is 0 Å². The van der Waals surface area contributed by atoms with Crippen molar-refractivity contribution in [3.63, 3.8) is 0 Å². The van der Waals surface area contributed by atoms with Gasteiger partial charge in [-0.1, -0.05) is 30.3 Å². The van der Waals surface area contributed by atoms with Crippen molar-refractivity contribution in [1.29, 1.82) is 0 Å². The molecule has 0 aliphatic heterocycles. The molecule has 1 N–H and O–H groups in total. The van der Waals surface area contributed by atoms with Gasteiger partial charge in [0.15, 0.2) is 18.9 Å². The Kier molecular flexibility index (Phi) is 5.70. The van der Waals surface area contributed by atoms with Crippen molar-refractivity contribution in [2.45, 2.75) is 20.4 Å². The van der Waals surface area contributed by atoms with Gasteiger partial charge in [0, 0.05) is 18.6 Å². The fourth-order valence-electron chi connectivity index (χ4n) is 1.82. The largest absolute Gasteiger partial charge is 1.00 e. The van der Waals surface area contributed by atoms with E-state index in [9.17, 15) is 4.79 Å². The second kappa shape index (κ2) is 7.04. The summed E-state index contributed by atoms with van der Waals surface area (Å²) in [6, 6.07) is 12.2. The molecule has 0 unspecified atom stereocenters. The van der Waals surface area contributed by atoms with Gasteiger partial charge in [-0.15, -0.1) is 0 Å². The Morgan fingerprint density at radius 3 is 2.53 bits per heavy atom. The van der Waals surface area contributed by atoms with Gasteiger partial charge in [0.25, 0.3) is 0 Å². The minimum atomic E-state index is -0.0458. The molecule has 2 aromatic rings. The Balaban J connectivity index is 0.00000180. The van der Waals surface area contributed by atoms with Gasteiger partial charge in [-0.25, -0.2) is 0 Å². The second-order valence-electron chi connectivity index (χ2n) is 4.38. The van der Waals surface area contributed by atoms with Gasteiger partial charge >= 0.3 is 0 Å². The lowest BCUT2D eigenvalue weighted by Gasteiger charge is -2.05. The zero-order chi connectivity index (χ0) is 13.0. The average Bonchev–Trinajstić information content (AvgIpc) is 2.34. The number of aromatic nitrogens is 1. The number of carbonyl (C=O) groups excluding carboxylic acids is 1. The number of hydrogen-bond acceptors (Lipinski definition) is 1. The van der Waals surface area contributed by atoms with Gasteiger partial charge in [-0.05, 0) is 12.5 Å². The van der Waals surface area contributed by atoms with Crippen molar-refractivity contribution < 1.29 is 26.3 Å². The fourth-order valence-corrected chi connectivity index (χ4v) is 1.82. The van der Waals surface area contributed by atoms with Crippen LogP contribution >= 0.6 is 0 Å². The number of hydrogen-bond donors (Lipinski definition) is 1. The van der Waals surface area contributed by atoms with Crippen molar-refractivity contribution in [2.24, 2.45) is 0 Å². The Morgan fingerprint density at radius 2 is 1.89 bits per heavy atom. The Morgan fingerprint density at radius 1 is 1.21 bits per heavy atom. The maximum absolute atomic E-state index is 11.1. The van der Waals surface area contributed by atoms with Crippen LogP contribution < -0.4 is 26.9 Å². The first-order chi connectivity index (χ1) is 8.65. The number of pyridine rings is 1. The standard InChI is InChI=1S/C15H16N2O.BrH/c1-12-8-9-17(11-15(12)16-13(2)18)10-14-6-4-3-5-7-14;/h3-9,11H,10H2,1-2H3;1H. The van der Waals surface area contributed by atoms with Crippen LogP contribution in [0.1, 0.15) is 18.1 Å². The molecule has 0 bridgehead atoms. The van der Waals surface area contributed by atoms with E-state index in [4.69, 9.17) is 0 Å². The highest BCUT2D eigenvalue weighted by Crippen LogP contribution is 2.10. The summed E-state index contributed by atoms with van der Waals surface area (Å²) in [6.07, 6.45) is 3.98. The number of aryl methyl sites for hydroxylation is 1. The zero-order valence-electron chi connectivity index (χ0n) is 11.1. The van der Waals surface area contributed by atoms with Gasteiger partial charge < -0.3 is 22.3 Å². The molecule has 0 aliphatic rings. The molecule has 0 atom stereocenters. The third-order valence-electron chi connectivity index (χ3n) is 2.75. The van der Waals surface area contributed by atoms with Crippen LogP contribution in [0.15, 0.2) is 48.8 Å². The number of nitrogens with zero attached hydrogens (tertiary/aromatic N) is 1. The molecule has 1 aromatic heterocycles. The molecule has 1 heterocycles. The molecule has 0 aliphatic carbocycles. The van der Waals surface area contributed by atoms with Crippen LogP contribution in [0.2, 0.25) is 0 Å². The third-order valence-corrected chi connectivity index (χ3v) is 2.75. The van der Waals surface area contributed by atoms with Crippen LogP contribution in [0.4, 0.5) is 5.69 Å². The van der Waals surface area contributed by atoms with E-state index >= 15 is 0 Å². The first-order valence-electron chi connectivity index (χ1n) is 5.96. The monoisotopic (exact) mass is 320 g/mol. The number of anilines is 1. The highest BCUT2D eigenvalue weighted by Gasteiger charge is 2.08. The van der Waals surface area contributed by atoms with Gasteiger partial charge in [0.2, 0.25) is 5.91 Å². The van der Waals surface area contributed by atoms with Gasteiger partial charge in [-0.3, -0.25) is 4.79 Å². The molecule has 2 rings (SSSR count). The summed E-state index contributed by atoms with van der Waals surface area (Å²) in [7, 11) is 0. The summed E-state index contributed by atoms with van der Waals surface area (Å²) in [5.74, 6) is -0.0458. The predicted octanol–water partition coefficient (Wildman–Crippen LogP) is -0.707. The zero-order valence-corrected chi connectivity index (χ0v) is 12.6. The van der Waals surface area contributed by atoms with Crippen LogP contribution in [-0.2, 0) is 11.3 Å². The van der Waals surface area contributed by atoms with E-state index in [1.807, 2.05) is 43.6 Å². The molecule has 19 heavy (non-hydrogen) atoms. The molecule has 4 heteroatoms. The SMILES string of the molecule is CC(=O)Nc1c[n+](Cc2ccccc2)ccc1C.[Br-]. The van der Waals surface area contributed by atoms with E-state index in [0.717, 1.165) is 17.8 Å². The summed E-state index contributed by atoms with van der Waals surface area (Å²) in [4.78, 5) is 11.1. The van der Waals surface area contributed by atoms with Crippen molar-refractivity contribution >= 4 is 11.6 Å². The number of nitrogens with one attached hydrogen (secondary N) is 1. The number of halogens is 1. The molecule has 1 aromatic carbocycles. The summed E-state index contributed by atoms with van der Waals surface area (Å²) >= 11 is 0. The topological polar surface area (TPSA) is 33.0 Å². The molecular weight excluding hydrogens is 304 g/mol. The van der Waals surface area contributed by atoms with Crippen molar-refractivity contribution in [3.05, 3.63) is 59.9 Å². The molecule has 0 saturated carbocycles. The minimum absolute atomic E-state index is 0. The maximum Gasteiger partial charge on any atom is 0.221 e. The van der Waals surface area contributed by atoms with Crippen LogP contribution in [0.5, 0.6) is 0 Å². The fraction of sp³-hybridized carbons (Fsp3) is 0.200. The second-order valence-corrected chi connectivity index (χ2v) is 4.38. The predicted molar refractivity (Wildman–Crippen MR) is 71.2 cm³/mol. The Hall–Kier alpha value is -1.68. The summed E-state index contributed by atoms with van der Waals surface area (Å²) in [5.41, 5.74) is 3.16. The van der Waals surface area contributed by atoms with Gasteiger partial charge in [0.1, 0.15) is 5.69 Å². The summed E-state index contributed by atoms with van der Waals surface area (Å²) in [6.45, 7) is 4.31. The van der Waals surface area contributed by atoms with E-state index in [1.165, 1.54) is 12.5 Å². The van der Waals surface area contributed by atoms with E-state index in [2.05, 4.69) is 22.0 Å². The van der Waals surface area contributed by atoms with E-state index in [1.54, 1.807) is 0 Å². The number of rotatable bonds is 3. The highest BCUT2D eigenvalue weighted by atomic mass is 79.9. The first-order valence-corrected chi connectivity index (χ1v) is 5.96. The van der Waals surface area contributed by atoms with Crippen LogP contribution in [0.3, 0.4) is 0 Å². The van der Waals surface area contributed by atoms with Crippen molar-refractivity contribution in [1.82, 2.24) is 0 Å². The minimum Gasteiger partial charge on any atom is -1.00 e. The quantitative estimate of drug-likeness (QED) is 0.745. The normalized spacial score (nSPS) is 9.58. The number of benzene rings is 1. The molecule has 0 spiro atoms. The first kappa shape index (κ1) is 15.4. The molecular formula is C15H17BrN2O. The molecule has 0 saturated heterocycles. The smallest absolute Gasteiger partial charge is 0.221 e. The Labute approximate surface area is 124 Å². The lowest BCUT2D eigenvalue weighted by molar-refractivity contribution is -0.687. The van der Waals surface area contributed by atoms with E-state index in [-0.39, 0.29) is 22.9 Å². The lowest BCUT2D eigenvalue weighted by atomic mass is 10.2. The van der Waals surface area contributed by atoms with E-state index in [0.29, 0.717) is 0 Å². The molecule has 100 valence electrons. The Bertz CT molecular complexity index is 555. The average molecular weight is 321 g/mol. The summed E-state index contributed by atoms with van der Waals surface area (Å²) < 4.78 is 2.06. The van der Waals surface area contributed by atoms with Crippen LogP contribution in [-0.4, -0.2) is 5.91 Å². The summed E-state index contributed by atoms with van der Waals surface area (Å²) in [5, 5.41) is 2.84. The molecule has 3 nitrogen and oxygen atoms in total. The third kappa shape index (κ3) is 4.48. The number of carbonyl (C=O) groups is 1. The van der Waals surface area contributed by atoms with Gasteiger partial charge in [0.05, 0.1) is 0 Å². The van der Waals surface area contributed by atoms with Crippen molar-refractivity contribution in [3.8, 4) is 0 Å². The molecule has 1 amide bonds. The number of amides is 1. The maximum atomic E-state index is 11.1. The van der Waals surface area contributed by atoms with Gasteiger partial charge in [-0.2, -0.15) is 4.57 Å². The molecule has 0 fully saturated rings.